The summed E-state index contributed by atoms with van der Waals surface area (Å²) in [6.07, 6.45) is 7.56. The summed E-state index contributed by atoms with van der Waals surface area (Å²) in [5.74, 6) is 2.63. The maximum atomic E-state index is 5.26. The molecule has 0 amide bonds. The average Bonchev–Trinajstić information content (AvgIpc) is 2.06. The minimum atomic E-state index is 0.982. The van der Waals surface area contributed by atoms with Crippen molar-refractivity contribution in [2.24, 2.45) is 0 Å². The highest BCUT2D eigenvalue weighted by Crippen LogP contribution is 2.05. The van der Waals surface area contributed by atoms with E-state index in [2.05, 4.69) is 25.0 Å². The zero-order valence-electron chi connectivity index (χ0n) is 6.80. The zero-order chi connectivity index (χ0) is 8.10. The molecule has 0 spiro atoms. The zero-order valence-corrected chi connectivity index (χ0v) is 6.80. The lowest BCUT2D eigenvalue weighted by Gasteiger charge is -1.97. The molecule has 0 bridgehead atoms. The lowest BCUT2D eigenvalue weighted by Crippen LogP contribution is -1.83. The Labute approximate surface area is 68.3 Å². The number of hydrogen-bond acceptors (Lipinski definition) is 0. The molecule has 0 heteroatoms. The molecule has 0 unspecified atom stereocenters. The van der Waals surface area contributed by atoms with Gasteiger partial charge in [-0.1, -0.05) is 31.4 Å². The van der Waals surface area contributed by atoms with Gasteiger partial charge in [0.05, 0.1) is 0 Å². The Morgan fingerprint density at radius 1 is 1.45 bits per heavy atom. The fourth-order valence-corrected chi connectivity index (χ4v) is 1.11. The van der Waals surface area contributed by atoms with Crippen LogP contribution in [0.2, 0.25) is 0 Å². The number of aryl methyl sites for hydroxylation is 1. The largest absolute Gasteiger partial charge is 0.115 e. The van der Waals surface area contributed by atoms with Gasteiger partial charge in [0.2, 0.25) is 0 Å². The van der Waals surface area contributed by atoms with Gasteiger partial charge in [-0.25, -0.2) is 0 Å². The van der Waals surface area contributed by atoms with E-state index >= 15 is 0 Å². The van der Waals surface area contributed by atoms with Gasteiger partial charge >= 0.3 is 0 Å². The van der Waals surface area contributed by atoms with Crippen LogP contribution in [0.15, 0.2) is 24.3 Å². The molecule has 0 aliphatic carbocycles. The monoisotopic (exact) mass is 144 g/mol. The molecule has 0 saturated carbocycles. The highest BCUT2D eigenvalue weighted by atomic mass is 14.0. The van der Waals surface area contributed by atoms with Crippen LogP contribution in [0.1, 0.15) is 24.5 Å². The Bertz CT molecular complexity index is 266. The van der Waals surface area contributed by atoms with Crippen LogP contribution < -0.4 is 0 Å². The fourth-order valence-electron chi connectivity index (χ4n) is 1.11. The summed E-state index contributed by atoms with van der Waals surface area (Å²) in [4.78, 5) is 0. The lowest BCUT2D eigenvalue weighted by molar-refractivity contribution is 0.921. The molecule has 56 valence electrons. The molecule has 0 aliphatic rings. The molecule has 0 saturated heterocycles. The molecule has 0 atom stereocenters. The van der Waals surface area contributed by atoms with Crippen molar-refractivity contribution in [2.45, 2.75) is 19.8 Å². The topological polar surface area (TPSA) is 0 Å². The van der Waals surface area contributed by atoms with Gasteiger partial charge < -0.3 is 0 Å². The van der Waals surface area contributed by atoms with Crippen LogP contribution in [-0.2, 0) is 6.42 Å². The van der Waals surface area contributed by atoms with Gasteiger partial charge in [-0.3, -0.25) is 0 Å². The van der Waals surface area contributed by atoms with Crippen molar-refractivity contribution in [3.05, 3.63) is 35.4 Å². The molecule has 0 aliphatic heterocycles. The summed E-state index contributed by atoms with van der Waals surface area (Å²) in [7, 11) is 0. The number of hydrogen-bond donors (Lipinski definition) is 0. The van der Waals surface area contributed by atoms with Crippen LogP contribution in [0, 0.1) is 12.3 Å². The van der Waals surface area contributed by atoms with Crippen LogP contribution in [0.3, 0.4) is 0 Å². The molecule has 1 aromatic rings. The number of rotatable bonds is 2. The van der Waals surface area contributed by atoms with Gasteiger partial charge in [0, 0.05) is 5.56 Å². The van der Waals surface area contributed by atoms with E-state index in [1.54, 1.807) is 0 Å². The first-order chi connectivity index (χ1) is 5.36. The van der Waals surface area contributed by atoms with Crippen LogP contribution >= 0.6 is 0 Å². The fraction of sp³-hybridized carbons (Fsp3) is 0.273. The Kier molecular flexibility index (Phi) is 2.74. The Hall–Kier alpha value is -1.22. The van der Waals surface area contributed by atoms with E-state index in [-0.39, 0.29) is 0 Å². The highest BCUT2D eigenvalue weighted by Gasteiger charge is 1.90. The molecule has 0 heterocycles. The van der Waals surface area contributed by atoms with Gasteiger partial charge in [-0.15, -0.1) is 6.42 Å². The SMILES string of the molecule is C#Cc1cccc(CCC)c1. The summed E-state index contributed by atoms with van der Waals surface area (Å²) < 4.78 is 0. The van der Waals surface area contributed by atoms with Gasteiger partial charge in [-0.2, -0.15) is 0 Å². The lowest BCUT2D eigenvalue weighted by atomic mass is 10.1. The molecular weight excluding hydrogens is 132 g/mol. The second-order valence-corrected chi connectivity index (χ2v) is 2.59. The smallest absolute Gasteiger partial charge is 0.0245 e. The van der Waals surface area contributed by atoms with Crippen LogP contribution in [0.4, 0.5) is 0 Å². The summed E-state index contributed by atoms with van der Waals surface area (Å²) in [5, 5.41) is 0. The van der Waals surface area contributed by atoms with E-state index in [9.17, 15) is 0 Å². The van der Waals surface area contributed by atoms with Gasteiger partial charge in [-0.05, 0) is 24.1 Å². The molecule has 0 aromatic heterocycles. The quantitative estimate of drug-likeness (QED) is 0.560. The molecule has 1 aromatic carbocycles. The summed E-state index contributed by atoms with van der Waals surface area (Å²) in [5.41, 5.74) is 2.32. The van der Waals surface area contributed by atoms with Gasteiger partial charge in [0.1, 0.15) is 0 Å². The third-order valence-corrected chi connectivity index (χ3v) is 1.63. The molecule has 0 nitrogen and oxygen atoms in total. The molecule has 11 heavy (non-hydrogen) atoms. The van der Waals surface area contributed by atoms with Gasteiger partial charge in [0.15, 0.2) is 0 Å². The van der Waals surface area contributed by atoms with Crippen molar-refractivity contribution in [3.8, 4) is 12.3 Å². The van der Waals surface area contributed by atoms with Crippen molar-refractivity contribution in [1.29, 1.82) is 0 Å². The second-order valence-electron chi connectivity index (χ2n) is 2.59. The van der Waals surface area contributed by atoms with E-state index in [1.165, 1.54) is 12.0 Å². The third-order valence-electron chi connectivity index (χ3n) is 1.63. The van der Waals surface area contributed by atoms with E-state index < -0.39 is 0 Å². The van der Waals surface area contributed by atoms with Crippen LogP contribution in [0.5, 0.6) is 0 Å². The molecular formula is C11H12. The van der Waals surface area contributed by atoms with Crippen molar-refractivity contribution in [3.63, 3.8) is 0 Å². The first-order valence-corrected chi connectivity index (χ1v) is 3.92. The van der Waals surface area contributed by atoms with Crippen molar-refractivity contribution in [2.75, 3.05) is 0 Å². The molecule has 0 N–H and O–H groups in total. The minimum absolute atomic E-state index is 0.982. The summed E-state index contributed by atoms with van der Waals surface area (Å²) >= 11 is 0. The minimum Gasteiger partial charge on any atom is -0.115 e. The molecule has 0 fully saturated rings. The maximum Gasteiger partial charge on any atom is 0.0245 e. The Morgan fingerprint density at radius 3 is 2.91 bits per heavy atom. The Balaban J connectivity index is 2.85. The Morgan fingerprint density at radius 2 is 2.27 bits per heavy atom. The van der Waals surface area contributed by atoms with E-state index in [1.807, 2.05) is 12.1 Å². The van der Waals surface area contributed by atoms with Crippen molar-refractivity contribution in [1.82, 2.24) is 0 Å². The first-order valence-electron chi connectivity index (χ1n) is 3.92. The predicted molar refractivity (Wildman–Crippen MR) is 48.4 cm³/mol. The normalized spacial score (nSPS) is 9.09. The van der Waals surface area contributed by atoms with E-state index in [0.717, 1.165) is 12.0 Å². The molecule has 0 radical (unpaired) electrons. The third kappa shape index (κ3) is 2.13. The highest BCUT2D eigenvalue weighted by molar-refractivity contribution is 5.35. The van der Waals surface area contributed by atoms with E-state index in [4.69, 9.17) is 6.42 Å². The number of terminal acetylenes is 1. The summed E-state index contributed by atoms with van der Waals surface area (Å²) in [6, 6.07) is 8.16. The van der Waals surface area contributed by atoms with Crippen LogP contribution in [0.25, 0.3) is 0 Å². The predicted octanol–water partition coefficient (Wildman–Crippen LogP) is 2.62. The first kappa shape index (κ1) is 7.88. The van der Waals surface area contributed by atoms with E-state index in [0.29, 0.717) is 0 Å². The summed E-state index contributed by atoms with van der Waals surface area (Å²) in [6.45, 7) is 2.17. The maximum absolute atomic E-state index is 5.26. The molecule has 1 rings (SSSR count). The number of benzene rings is 1. The van der Waals surface area contributed by atoms with Crippen molar-refractivity contribution < 1.29 is 0 Å². The van der Waals surface area contributed by atoms with Crippen LogP contribution in [-0.4, -0.2) is 0 Å². The van der Waals surface area contributed by atoms with Gasteiger partial charge in [0.25, 0.3) is 0 Å². The standard InChI is InChI=1S/C11H12/c1-3-6-11-8-5-7-10(4-2)9-11/h2,5,7-9H,3,6H2,1H3. The van der Waals surface area contributed by atoms with Crippen molar-refractivity contribution >= 4 is 0 Å². The average molecular weight is 144 g/mol. The second kappa shape index (κ2) is 3.83.